The van der Waals surface area contributed by atoms with E-state index in [1.165, 1.54) is 0 Å². The Morgan fingerprint density at radius 3 is 2.75 bits per heavy atom. The second-order valence-electron chi connectivity index (χ2n) is 3.22. The van der Waals surface area contributed by atoms with E-state index in [1.54, 1.807) is 6.07 Å². The lowest BCUT2D eigenvalue weighted by molar-refractivity contribution is -0.120. The van der Waals surface area contributed by atoms with Crippen LogP contribution < -0.4 is 5.32 Å². The summed E-state index contributed by atoms with van der Waals surface area (Å²) >= 11 is 0. The van der Waals surface area contributed by atoms with Crippen molar-refractivity contribution in [2.75, 3.05) is 6.54 Å². The molecule has 1 amide bonds. The molecule has 0 aromatic carbocycles. The summed E-state index contributed by atoms with van der Waals surface area (Å²) < 4.78 is 0. The van der Waals surface area contributed by atoms with E-state index in [-0.39, 0.29) is 12.3 Å². The lowest BCUT2D eigenvalue weighted by atomic mass is 10.1. The maximum Gasteiger partial charge on any atom is 0.234 e. The average molecular weight is 168 g/mol. The molecule has 0 aromatic rings. The Morgan fingerprint density at radius 1 is 1.58 bits per heavy atom. The molecule has 0 aliphatic heterocycles. The van der Waals surface area contributed by atoms with E-state index in [4.69, 9.17) is 5.26 Å². The monoisotopic (exact) mass is 168 g/mol. The lowest BCUT2D eigenvalue weighted by Gasteiger charge is -2.04. The molecule has 3 nitrogen and oxygen atoms in total. The first-order chi connectivity index (χ1) is 5.66. The highest BCUT2D eigenvalue weighted by molar-refractivity contribution is 5.77. The van der Waals surface area contributed by atoms with Crippen molar-refractivity contribution >= 4 is 5.91 Å². The van der Waals surface area contributed by atoms with Crippen LogP contribution in [0.15, 0.2) is 0 Å². The first-order valence-corrected chi connectivity index (χ1v) is 4.30. The van der Waals surface area contributed by atoms with Gasteiger partial charge in [0, 0.05) is 6.54 Å². The Bertz CT molecular complexity index is 170. The third kappa shape index (κ3) is 7.07. The fourth-order valence-electron chi connectivity index (χ4n) is 0.872. The second-order valence-corrected chi connectivity index (χ2v) is 3.22. The minimum Gasteiger partial charge on any atom is -0.355 e. The zero-order valence-corrected chi connectivity index (χ0v) is 7.76. The van der Waals surface area contributed by atoms with Crippen LogP contribution >= 0.6 is 0 Å². The highest BCUT2D eigenvalue weighted by Gasteiger charge is 1.98. The molecule has 0 atom stereocenters. The summed E-state index contributed by atoms with van der Waals surface area (Å²) in [5, 5.41) is 10.8. The van der Waals surface area contributed by atoms with Gasteiger partial charge in [0.05, 0.1) is 6.07 Å². The number of carbonyl (C=O) groups is 1. The number of hydrogen-bond donors (Lipinski definition) is 1. The van der Waals surface area contributed by atoms with Crippen LogP contribution in [0.5, 0.6) is 0 Å². The van der Waals surface area contributed by atoms with Gasteiger partial charge >= 0.3 is 0 Å². The first-order valence-electron chi connectivity index (χ1n) is 4.30. The first kappa shape index (κ1) is 11.0. The summed E-state index contributed by atoms with van der Waals surface area (Å²) in [6.07, 6.45) is 2.09. The van der Waals surface area contributed by atoms with Crippen LogP contribution in [-0.4, -0.2) is 12.5 Å². The standard InChI is InChI=1S/C9H16N2O/c1-8(2)4-3-7-11-9(12)5-6-10/h8H,3-5,7H2,1-2H3,(H,11,12). The zero-order chi connectivity index (χ0) is 9.40. The van der Waals surface area contributed by atoms with Gasteiger partial charge in [-0.05, 0) is 18.8 Å². The van der Waals surface area contributed by atoms with Crippen LogP contribution in [0.2, 0.25) is 0 Å². The molecule has 0 bridgehead atoms. The molecule has 0 heterocycles. The number of nitriles is 1. The fourth-order valence-corrected chi connectivity index (χ4v) is 0.872. The molecule has 0 saturated heterocycles. The summed E-state index contributed by atoms with van der Waals surface area (Å²) in [5.74, 6) is 0.513. The van der Waals surface area contributed by atoms with Gasteiger partial charge in [0.1, 0.15) is 6.42 Å². The van der Waals surface area contributed by atoms with Crippen molar-refractivity contribution in [1.82, 2.24) is 5.32 Å². The van der Waals surface area contributed by atoms with Crippen molar-refractivity contribution in [1.29, 1.82) is 5.26 Å². The number of carbonyl (C=O) groups excluding carboxylic acids is 1. The molecule has 0 unspecified atom stereocenters. The van der Waals surface area contributed by atoms with Gasteiger partial charge in [-0.2, -0.15) is 5.26 Å². The van der Waals surface area contributed by atoms with Gasteiger partial charge in [-0.25, -0.2) is 0 Å². The maximum atomic E-state index is 10.8. The summed E-state index contributed by atoms with van der Waals surface area (Å²) in [5.41, 5.74) is 0. The molecule has 0 fully saturated rings. The van der Waals surface area contributed by atoms with Gasteiger partial charge < -0.3 is 5.32 Å². The molecule has 0 rings (SSSR count). The Labute approximate surface area is 73.8 Å². The van der Waals surface area contributed by atoms with E-state index in [2.05, 4.69) is 19.2 Å². The van der Waals surface area contributed by atoms with E-state index in [1.807, 2.05) is 0 Å². The molecule has 1 N–H and O–H groups in total. The van der Waals surface area contributed by atoms with Crippen molar-refractivity contribution in [2.45, 2.75) is 33.1 Å². The van der Waals surface area contributed by atoms with Crippen molar-refractivity contribution < 1.29 is 4.79 Å². The Kier molecular flexibility index (Phi) is 6.08. The molecule has 0 spiro atoms. The van der Waals surface area contributed by atoms with Crippen LogP contribution in [0.3, 0.4) is 0 Å². The van der Waals surface area contributed by atoms with E-state index >= 15 is 0 Å². The molecule has 3 heteroatoms. The van der Waals surface area contributed by atoms with Crippen LogP contribution in [0.4, 0.5) is 0 Å². The quantitative estimate of drug-likeness (QED) is 0.632. The maximum absolute atomic E-state index is 10.8. The lowest BCUT2D eigenvalue weighted by Crippen LogP contribution is -2.23. The third-order valence-electron chi connectivity index (χ3n) is 1.52. The highest BCUT2D eigenvalue weighted by atomic mass is 16.1. The molecule has 0 aliphatic carbocycles. The molecule has 0 aliphatic rings. The number of nitrogens with one attached hydrogen (secondary N) is 1. The van der Waals surface area contributed by atoms with Crippen LogP contribution in [0, 0.1) is 17.2 Å². The van der Waals surface area contributed by atoms with Gasteiger partial charge in [0.2, 0.25) is 5.91 Å². The van der Waals surface area contributed by atoms with Crippen LogP contribution in [-0.2, 0) is 4.79 Å². The SMILES string of the molecule is CC(C)CCCNC(=O)CC#N. The molecular formula is C9H16N2O. The topological polar surface area (TPSA) is 52.9 Å². The van der Waals surface area contributed by atoms with Crippen molar-refractivity contribution in [3.8, 4) is 6.07 Å². The minimum absolute atomic E-state index is 0.0261. The van der Waals surface area contributed by atoms with Gasteiger partial charge in [-0.3, -0.25) is 4.79 Å². The zero-order valence-electron chi connectivity index (χ0n) is 7.76. The number of nitrogens with zero attached hydrogens (tertiary/aromatic N) is 1. The van der Waals surface area contributed by atoms with Crippen LogP contribution in [0.1, 0.15) is 33.1 Å². The molecule has 68 valence electrons. The normalized spacial score (nSPS) is 9.50. The van der Waals surface area contributed by atoms with E-state index in [9.17, 15) is 4.79 Å². The summed E-state index contributed by atoms with van der Waals surface area (Å²) in [6.45, 7) is 4.99. The summed E-state index contributed by atoms with van der Waals surface area (Å²) in [6, 6.07) is 1.81. The molecule has 0 saturated carbocycles. The summed E-state index contributed by atoms with van der Waals surface area (Å²) in [4.78, 5) is 10.8. The summed E-state index contributed by atoms with van der Waals surface area (Å²) in [7, 11) is 0. The van der Waals surface area contributed by atoms with E-state index in [0.717, 1.165) is 12.8 Å². The molecule has 0 radical (unpaired) electrons. The Balaban J connectivity index is 3.21. The Hall–Kier alpha value is -1.04. The van der Waals surface area contributed by atoms with Gasteiger partial charge in [-0.1, -0.05) is 13.8 Å². The average Bonchev–Trinajstić information content (AvgIpc) is 1.98. The van der Waals surface area contributed by atoms with Gasteiger partial charge in [0.25, 0.3) is 0 Å². The van der Waals surface area contributed by atoms with Crippen LogP contribution in [0.25, 0.3) is 0 Å². The second kappa shape index (κ2) is 6.66. The number of rotatable bonds is 5. The van der Waals surface area contributed by atoms with Gasteiger partial charge in [0.15, 0.2) is 0 Å². The molecule has 0 aromatic heterocycles. The highest BCUT2D eigenvalue weighted by Crippen LogP contribution is 2.01. The predicted octanol–water partition coefficient (Wildman–Crippen LogP) is 1.45. The van der Waals surface area contributed by atoms with E-state index in [0.29, 0.717) is 12.5 Å². The molecular weight excluding hydrogens is 152 g/mol. The third-order valence-corrected chi connectivity index (χ3v) is 1.52. The number of amides is 1. The molecule has 12 heavy (non-hydrogen) atoms. The van der Waals surface area contributed by atoms with Crippen molar-refractivity contribution in [3.05, 3.63) is 0 Å². The largest absolute Gasteiger partial charge is 0.355 e. The van der Waals surface area contributed by atoms with Gasteiger partial charge in [-0.15, -0.1) is 0 Å². The van der Waals surface area contributed by atoms with Crippen molar-refractivity contribution in [2.24, 2.45) is 5.92 Å². The number of hydrogen-bond acceptors (Lipinski definition) is 2. The van der Waals surface area contributed by atoms with Crippen molar-refractivity contribution in [3.63, 3.8) is 0 Å². The minimum atomic E-state index is -0.166. The predicted molar refractivity (Wildman–Crippen MR) is 47.3 cm³/mol. The fraction of sp³-hybridized carbons (Fsp3) is 0.778. The van der Waals surface area contributed by atoms with E-state index < -0.39 is 0 Å². The smallest absolute Gasteiger partial charge is 0.234 e. The Morgan fingerprint density at radius 2 is 2.25 bits per heavy atom.